The van der Waals surface area contributed by atoms with Crippen LogP contribution in [0.1, 0.15) is 46.0 Å². The molecule has 1 aliphatic carbocycles. The lowest BCUT2D eigenvalue weighted by Crippen LogP contribution is -2.33. The summed E-state index contributed by atoms with van der Waals surface area (Å²) in [6.45, 7) is 4.29. The Morgan fingerprint density at radius 1 is 1.29 bits per heavy atom. The molecule has 1 saturated carbocycles. The van der Waals surface area contributed by atoms with Crippen LogP contribution >= 0.6 is 0 Å². The van der Waals surface area contributed by atoms with Crippen molar-refractivity contribution in [2.24, 2.45) is 11.8 Å². The SMILES string of the molecule is CCC1OC(CC)C2C(=O)CCCC12. The Labute approximate surface area is 86.0 Å². The summed E-state index contributed by atoms with van der Waals surface area (Å²) in [6.07, 6.45) is 5.69. The Bertz CT molecular complexity index is 224. The number of rotatable bonds is 2. The second kappa shape index (κ2) is 4.01. The van der Waals surface area contributed by atoms with Gasteiger partial charge in [-0.15, -0.1) is 0 Å². The summed E-state index contributed by atoms with van der Waals surface area (Å²) in [5.74, 6) is 1.23. The van der Waals surface area contributed by atoms with E-state index < -0.39 is 0 Å². The third-order valence-electron chi connectivity index (χ3n) is 3.83. The van der Waals surface area contributed by atoms with E-state index in [1.54, 1.807) is 0 Å². The molecule has 1 aliphatic heterocycles. The fourth-order valence-electron chi connectivity index (χ4n) is 3.16. The minimum absolute atomic E-state index is 0.220. The minimum Gasteiger partial charge on any atom is -0.374 e. The van der Waals surface area contributed by atoms with E-state index in [2.05, 4.69) is 13.8 Å². The first-order chi connectivity index (χ1) is 6.77. The second-order valence-electron chi connectivity index (χ2n) is 4.58. The van der Waals surface area contributed by atoms with Gasteiger partial charge in [0.15, 0.2) is 0 Å². The third-order valence-corrected chi connectivity index (χ3v) is 3.83. The van der Waals surface area contributed by atoms with E-state index in [0.717, 1.165) is 25.7 Å². The molecule has 2 nitrogen and oxygen atoms in total. The normalized spacial score (nSPS) is 42.6. The van der Waals surface area contributed by atoms with E-state index >= 15 is 0 Å². The average molecular weight is 196 g/mol. The van der Waals surface area contributed by atoms with Gasteiger partial charge in [-0.1, -0.05) is 13.8 Å². The van der Waals surface area contributed by atoms with Gasteiger partial charge in [0, 0.05) is 12.3 Å². The molecule has 0 N–H and O–H groups in total. The molecule has 1 saturated heterocycles. The lowest BCUT2D eigenvalue weighted by molar-refractivity contribution is -0.127. The van der Waals surface area contributed by atoms with E-state index in [1.807, 2.05) is 0 Å². The van der Waals surface area contributed by atoms with Crippen LogP contribution in [0.25, 0.3) is 0 Å². The quantitative estimate of drug-likeness (QED) is 0.678. The number of fused-ring (bicyclic) bond motifs is 1. The van der Waals surface area contributed by atoms with Crippen molar-refractivity contribution in [1.82, 2.24) is 0 Å². The highest BCUT2D eigenvalue weighted by Gasteiger charge is 2.47. The number of Topliss-reactive ketones (excluding diaryl/α,β-unsaturated/α-hetero) is 1. The van der Waals surface area contributed by atoms with Crippen molar-refractivity contribution in [2.45, 2.75) is 58.2 Å². The predicted octanol–water partition coefficient (Wildman–Crippen LogP) is 2.56. The molecule has 14 heavy (non-hydrogen) atoms. The van der Waals surface area contributed by atoms with E-state index in [9.17, 15) is 4.79 Å². The Morgan fingerprint density at radius 2 is 2.00 bits per heavy atom. The zero-order valence-electron chi connectivity index (χ0n) is 9.16. The molecule has 0 aromatic carbocycles. The van der Waals surface area contributed by atoms with Gasteiger partial charge in [0.25, 0.3) is 0 Å². The molecule has 0 radical (unpaired) electrons. The Kier molecular flexibility index (Phi) is 2.91. The molecule has 0 spiro atoms. The maximum absolute atomic E-state index is 11.8. The standard InChI is InChI=1S/C12H20O2/c1-3-10-8-6-5-7-9(13)12(8)11(4-2)14-10/h8,10-12H,3-7H2,1-2H3. The fourth-order valence-corrected chi connectivity index (χ4v) is 3.16. The van der Waals surface area contributed by atoms with Crippen LogP contribution in [0.5, 0.6) is 0 Å². The van der Waals surface area contributed by atoms with Crippen LogP contribution in [0.15, 0.2) is 0 Å². The largest absolute Gasteiger partial charge is 0.374 e. The summed E-state index contributed by atoms with van der Waals surface area (Å²) in [4.78, 5) is 11.8. The first-order valence-corrected chi connectivity index (χ1v) is 5.96. The zero-order valence-corrected chi connectivity index (χ0v) is 9.16. The summed E-state index contributed by atoms with van der Waals surface area (Å²) in [6, 6.07) is 0. The van der Waals surface area contributed by atoms with Gasteiger partial charge in [-0.2, -0.15) is 0 Å². The van der Waals surface area contributed by atoms with Gasteiger partial charge in [0.1, 0.15) is 5.78 Å². The van der Waals surface area contributed by atoms with E-state index in [-0.39, 0.29) is 12.0 Å². The van der Waals surface area contributed by atoms with Gasteiger partial charge in [-0.25, -0.2) is 0 Å². The van der Waals surface area contributed by atoms with Crippen LogP contribution in [0.2, 0.25) is 0 Å². The van der Waals surface area contributed by atoms with E-state index in [4.69, 9.17) is 4.74 Å². The molecular formula is C12H20O2. The van der Waals surface area contributed by atoms with Gasteiger partial charge >= 0.3 is 0 Å². The molecule has 2 rings (SSSR count). The van der Waals surface area contributed by atoms with Crippen LogP contribution in [-0.4, -0.2) is 18.0 Å². The Morgan fingerprint density at radius 3 is 2.64 bits per heavy atom. The molecular weight excluding hydrogens is 176 g/mol. The first kappa shape index (κ1) is 10.2. The van der Waals surface area contributed by atoms with Crippen molar-refractivity contribution in [3.8, 4) is 0 Å². The summed E-state index contributed by atoms with van der Waals surface area (Å²) in [7, 11) is 0. The van der Waals surface area contributed by atoms with Crippen LogP contribution in [0, 0.1) is 11.8 Å². The molecule has 0 aromatic heterocycles. The van der Waals surface area contributed by atoms with Gasteiger partial charge in [-0.3, -0.25) is 4.79 Å². The van der Waals surface area contributed by atoms with Gasteiger partial charge in [0.05, 0.1) is 12.2 Å². The van der Waals surface area contributed by atoms with Gasteiger partial charge < -0.3 is 4.74 Å². The van der Waals surface area contributed by atoms with Crippen LogP contribution < -0.4 is 0 Å². The number of hydrogen-bond donors (Lipinski definition) is 0. The molecule has 4 unspecified atom stereocenters. The molecule has 0 amide bonds. The molecule has 80 valence electrons. The lowest BCUT2D eigenvalue weighted by Gasteiger charge is -2.26. The lowest BCUT2D eigenvalue weighted by atomic mass is 9.74. The van der Waals surface area contributed by atoms with Crippen molar-refractivity contribution in [1.29, 1.82) is 0 Å². The molecule has 0 aromatic rings. The van der Waals surface area contributed by atoms with E-state index in [0.29, 0.717) is 17.8 Å². The number of carbonyl (C=O) groups excluding carboxylic acids is 1. The number of carbonyl (C=O) groups is 1. The van der Waals surface area contributed by atoms with Gasteiger partial charge in [-0.05, 0) is 31.6 Å². The fraction of sp³-hybridized carbons (Fsp3) is 0.917. The maximum atomic E-state index is 11.8. The van der Waals surface area contributed by atoms with Crippen molar-refractivity contribution in [2.75, 3.05) is 0 Å². The first-order valence-electron chi connectivity index (χ1n) is 5.96. The third kappa shape index (κ3) is 1.50. The van der Waals surface area contributed by atoms with Crippen molar-refractivity contribution in [3.05, 3.63) is 0 Å². The van der Waals surface area contributed by atoms with Crippen molar-refractivity contribution in [3.63, 3.8) is 0 Å². The predicted molar refractivity (Wildman–Crippen MR) is 55.1 cm³/mol. The summed E-state index contributed by atoms with van der Waals surface area (Å²) >= 11 is 0. The molecule has 1 heterocycles. The van der Waals surface area contributed by atoms with Crippen molar-refractivity contribution < 1.29 is 9.53 Å². The Hall–Kier alpha value is -0.370. The Balaban J connectivity index is 2.16. The highest BCUT2D eigenvalue weighted by molar-refractivity contribution is 5.83. The van der Waals surface area contributed by atoms with Crippen LogP contribution in [0.3, 0.4) is 0 Å². The monoisotopic (exact) mass is 196 g/mol. The number of ketones is 1. The second-order valence-corrected chi connectivity index (χ2v) is 4.58. The average Bonchev–Trinajstić information content (AvgIpc) is 2.57. The molecule has 0 bridgehead atoms. The topological polar surface area (TPSA) is 26.3 Å². The molecule has 4 atom stereocenters. The van der Waals surface area contributed by atoms with Crippen LogP contribution in [-0.2, 0) is 9.53 Å². The van der Waals surface area contributed by atoms with Crippen molar-refractivity contribution >= 4 is 5.78 Å². The minimum atomic E-state index is 0.220. The number of ether oxygens (including phenoxy) is 1. The van der Waals surface area contributed by atoms with E-state index in [1.165, 1.54) is 6.42 Å². The maximum Gasteiger partial charge on any atom is 0.138 e. The summed E-state index contributed by atoms with van der Waals surface area (Å²) in [5.41, 5.74) is 0. The molecule has 2 heteroatoms. The van der Waals surface area contributed by atoms with Crippen LogP contribution in [0.4, 0.5) is 0 Å². The molecule has 2 aliphatic rings. The highest BCUT2D eigenvalue weighted by atomic mass is 16.5. The molecule has 2 fully saturated rings. The van der Waals surface area contributed by atoms with Gasteiger partial charge in [0.2, 0.25) is 0 Å². The summed E-state index contributed by atoms with van der Waals surface area (Å²) < 4.78 is 5.96. The number of hydrogen-bond acceptors (Lipinski definition) is 2. The summed E-state index contributed by atoms with van der Waals surface area (Å²) in [5, 5.41) is 0. The zero-order chi connectivity index (χ0) is 10.1. The highest BCUT2D eigenvalue weighted by Crippen LogP contribution is 2.42. The smallest absolute Gasteiger partial charge is 0.138 e.